The lowest BCUT2D eigenvalue weighted by Crippen LogP contribution is -2.57. The molecule has 1 amide bonds. The highest BCUT2D eigenvalue weighted by atomic mass is 32.2. The summed E-state index contributed by atoms with van der Waals surface area (Å²) in [5, 5.41) is 6.35. The van der Waals surface area contributed by atoms with Gasteiger partial charge in [-0.15, -0.1) is 0 Å². The second-order valence-corrected chi connectivity index (χ2v) is 7.43. The lowest BCUT2D eigenvalue weighted by Gasteiger charge is -2.33. The van der Waals surface area contributed by atoms with E-state index in [0.717, 1.165) is 0 Å². The van der Waals surface area contributed by atoms with Crippen LogP contribution in [0.4, 0.5) is 0 Å². The Kier molecular flexibility index (Phi) is 4.73. The third-order valence-electron chi connectivity index (χ3n) is 3.87. The average molecular weight is 366 g/mol. The number of benzene rings is 1. The van der Waals surface area contributed by atoms with Crippen molar-refractivity contribution in [3.8, 4) is 5.75 Å². The summed E-state index contributed by atoms with van der Waals surface area (Å²) in [6.45, 7) is 2.04. The van der Waals surface area contributed by atoms with Gasteiger partial charge in [-0.2, -0.15) is 9.29 Å². The Morgan fingerprint density at radius 1 is 1.44 bits per heavy atom. The highest BCUT2D eigenvalue weighted by Crippen LogP contribution is 2.24. The first-order valence-corrected chi connectivity index (χ1v) is 9.08. The van der Waals surface area contributed by atoms with E-state index in [9.17, 15) is 13.2 Å². The Bertz CT molecular complexity index is 880. The summed E-state index contributed by atoms with van der Waals surface area (Å²) in [7, 11) is -2.43. The second-order valence-electron chi connectivity index (χ2n) is 5.54. The lowest BCUT2D eigenvalue weighted by molar-refractivity contribution is -0.126. The third-order valence-corrected chi connectivity index (χ3v) is 5.77. The van der Waals surface area contributed by atoms with Crippen LogP contribution in [0.25, 0.3) is 0 Å². The Balaban J connectivity index is 1.94. The number of aryl methyl sites for hydroxylation is 1. The van der Waals surface area contributed by atoms with Gasteiger partial charge < -0.3 is 14.6 Å². The zero-order valence-electron chi connectivity index (χ0n) is 13.8. The average Bonchev–Trinajstić information content (AvgIpc) is 3.01. The molecule has 25 heavy (non-hydrogen) atoms. The molecule has 10 heteroatoms. The van der Waals surface area contributed by atoms with Gasteiger partial charge in [0.2, 0.25) is 21.8 Å². The largest absolute Gasteiger partial charge is 0.497 e. The maximum absolute atomic E-state index is 13.0. The number of methoxy groups -OCH3 is 1. The van der Waals surface area contributed by atoms with Crippen LogP contribution in [0.15, 0.2) is 33.7 Å². The number of carbonyl (C=O) groups is 1. The standard InChI is InChI=1S/C15H18N4O5S/c1-10-17-14(24-18-10)9-13-15(20)16-6-7-19(13)25(21,22)12-5-3-4-11(8-12)23-2/h3-5,8,13H,6-7,9H2,1-2H3,(H,16,20). The summed E-state index contributed by atoms with van der Waals surface area (Å²) in [5.74, 6) is 0.666. The minimum atomic E-state index is -3.89. The number of carbonyl (C=O) groups excluding carboxylic acids is 1. The van der Waals surface area contributed by atoms with Crippen molar-refractivity contribution in [2.45, 2.75) is 24.3 Å². The maximum Gasteiger partial charge on any atom is 0.244 e. The number of ether oxygens (including phenoxy) is 1. The van der Waals surface area contributed by atoms with Gasteiger partial charge in [-0.05, 0) is 19.1 Å². The molecule has 1 aliphatic heterocycles. The number of nitrogens with one attached hydrogen (secondary N) is 1. The van der Waals surface area contributed by atoms with Crippen LogP contribution in [0.2, 0.25) is 0 Å². The molecule has 1 unspecified atom stereocenters. The van der Waals surface area contributed by atoms with Gasteiger partial charge in [-0.25, -0.2) is 8.42 Å². The summed E-state index contributed by atoms with van der Waals surface area (Å²) in [4.78, 5) is 16.4. The minimum Gasteiger partial charge on any atom is -0.497 e. The molecule has 1 aromatic carbocycles. The van der Waals surface area contributed by atoms with Gasteiger partial charge in [0.05, 0.1) is 18.4 Å². The van der Waals surface area contributed by atoms with Gasteiger partial charge in [0.15, 0.2) is 5.82 Å². The van der Waals surface area contributed by atoms with Crippen molar-refractivity contribution in [2.24, 2.45) is 0 Å². The molecule has 2 heterocycles. The molecule has 1 fully saturated rings. The molecule has 1 aliphatic rings. The van der Waals surface area contributed by atoms with Crippen molar-refractivity contribution in [1.82, 2.24) is 19.8 Å². The van der Waals surface area contributed by atoms with Gasteiger partial charge in [-0.3, -0.25) is 4.79 Å². The molecule has 0 saturated carbocycles. The van der Waals surface area contributed by atoms with E-state index in [1.54, 1.807) is 19.1 Å². The van der Waals surface area contributed by atoms with E-state index in [-0.39, 0.29) is 30.3 Å². The van der Waals surface area contributed by atoms with Crippen molar-refractivity contribution in [3.05, 3.63) is 36.0 Å². The van der Waals surface area contributed by atoms with E-state index < -0.39 is 22.0 Å². The van der Waals surface area contributed by atoms with E-state index in [0.29, 0.717) is 11.6 Å². The zero-order valence-corrected chi connectivity index (χ0v) is 14.6. The highest BCUT2D eigenvalue weighted by Gasteiger charge is 2.39. The predicted octanol–water partition coefficient (Wildman–Crippen LogP) is 0.118. The quantitative estimate of drug-likeness (QED) is 0.799. The highest BCUT2D eigenvalue weighted by molar-refractivity contribution is 7.89. The predicted molar refractivity (Wildman–Crippen MR) is 86.4 cm³/mol. The monoisotopic (exact) mass is 366 g/mol. The molecule has 3 rings (SSSR count). The fraction of sp³-hybridized carbons (Fsp3) is 0.400. The van der Waals surface area contributed by atoms with Crippen LogP contribution in [-0.2, 0) is 21.2 Å². The van der Waals surface area contributed by atoms with Crippen LogP contribution in [0.1, 0.15) is 11.7 Å². The number of aromatic nitrogens is 2. The number of nitrogens with zero attached hydrogens (tertiary/aromatic N) is 3. The smallest absolute Gasteiger partial charge is 0.244 e. The van der Waals surface area contributed by atoms with Crippen LogP contribution < -0.4 is 10.1 Å². The van der Waals surface area contributed by atoms with Crippen molar-refractivity contribution in [1.29, 1.82) is 0 Å². The van der Waals surface area contributed by atoms with Gasteiger partial charge in [0, 0.05) is 19.2 Å². The minimum absolute atomic E-state index is 0.00979. The summed E-state index contributed by atoms with van der Waals surface area (Å²) < 4.78 is 37.4. The SMILES string of the molecule is COc1cccc(S(=O)(=O)N2CCNC(=O)C2Cc2nc(C)no2)c1. The normalized spacial score (nSPS) is 18.8. The molecule has 9 nitrogen and oxygen atoms in total. The first kappa shape index (κ1) is 17.4. The first-order chi connectivity index (χ1) is 11.9. The lowest BCUT2D eigenvalue weighted by atomic mass is 10.1. The molecule has 0 aliphatic carbocycles. The Labute approximate surface area is 145 Å². The summed E-state index contributed by atoms with van der Waals surface area (Å²) in [6.07, 6.45) is 0.00979. The molecule has 1 atom stereocenters. The van der Waals surface area contributed by atoms with Crippen LogP contribution in [0.5, 0.6) is 5.75 Å². The van der Waals surface area contributed by atoms with Crippen molar-refractivity contribution in [3.63, 3.8) is 0 Å². The molecule has 2 aromatic rings. The van der Waals surface area contributed by atoms with Gasteiger partial charge >= 0.3 is 0 Å². The number of amides is 1. The molecular formula is C15H18N4O5S. The van der Waals surface area contributed by atoms with E-state index in [2.05, 4.69) is 15.5 Å². The number of sulfonamides is 1. The van der Waals surface area contributed by atoms with Gasteiger partial charge in [0.25, 0.3) is 0 Å². The molecule has 0 bridgehead atoms. The van der Waals surface area contributed by atoms with Crippen LogP contribution in [-0.4, -0.2) is 55.0 Å². The van der Waals surface area contributed by atoms with Crippen molar-refractivity contribution < 1.29 is 22.5 Å². The number of piperazine rings is 1. The summed E-state index contributed by atoms with van der Waals surface area (Å²) in [5.41, 5.74) is 0. The number of hydrogen-bond donors (Lipinski definition) is 1. The topological polar surface area (TPSA) is 115 Å². The molecule has 1 aromatic heterocycles. The van der Waals surface area contributed by atoms with Gasteiger partial charge in [-0.1, -0.05) is 11.2 Å². The van der Waals surface area contributed by atoms with E-state index in [1.165, 1.54) is 23.5 Å². The van der Waals surface area contributed by atoms with E-state index >= 15 is 0 Å². The molecule has 1 N–H and O–H groups in total. The fourth-order valence-electron chi connectivity index (χ4n) is 2.66. The Morgan fingerprint density at radius 3 is 2.92 bits per heavy atom. The maximum atomic E-state index is 13.0. The summed E-state index contributed by atoms with van der Waals surface area (Å²) >= 11 is 0. The summed E-state index contributed by atoms with van der Waals surface area (Å²) in [6, 6.07) is 5.19. The Morgan fingerprint density at radius 2 is 2.24 bits per heavy atom. The molecule has 0 radical (unpaired) electrons. The van der Waals surface area contributed by atoms with Crippen LogP contribution in [0.3, 0.4) is 0 Å². The van der Waals surface area contributed by atoms with Gasteiger partial charge in [0.1, 0.15) is 11.8 Å². The van der Waals surface area contributed by atoms with Crippen molar-refractivity contribution >= 4 is 15.9 Å². The first-order valence-electron chi connectivity index (χ1n) is 7.64. The molecule has 1 saturated heterocycles. The molecule has 0 spiro atoms. The van der Waals surface area contributed by atoms with E-state index in [4.69, 9.17) is 9.26 Å². The number of rotatable bonds is 5. The second kappa shape index (κ2) is 6.81. The molecular weight excluding hydrogens is 348 g/mol. The molecule has 134 valence electrons. The fourth-order valence-corrected chi connectivity index (χ4v) is 4.28. The van der Waals surface area contributed by atoms with E-state index in [1.807, 2.05) is 0 Å². The van der Waals surface area contributed by atoms with Crippen LogP contribution >= 0.6 is 0 Å². The Hall–Kier alpha value is -2.46. The number of hydrogen-bond acceptors (Lipinski definition) is 7. The van der Waals surface area contributed by atoms with Crippen LogP contribution in [0, 0.1) is 6.92 Å². The zero-order chi connectivity index (χ0) is 18.0. The van der Waals surface area contributed by atoms with Crippen molar-refractivity contribution in [2.75, 3.05) is 20.2 Å². The third kappa shape index (κ3) is 3.49.